The fraction of sp³-hybridized carbons (Fsp3) is 0.583. The van der Waals surface area contributed by atoms with Gasteiger partial charge in [0, 0.05) is 22.6 Å². The first-order valence-electron chi connectivity index (χ1n) is 5.42. The molecule has 1 atom stereocenters. The number of carbonyl (C=O) groups is 1. The van der Waals surface area contributed by atoms with Crippen LogP contribution in [0.25, 0.3) is 0 Å². The van der Waals surface area contributed by atoms with E-state index < -0.39 is 0 Å². The molecule has 1 aromatic heterocycles. The second-order valence-corrected chi connectivity index (χ2v) is 6.68. The summed E-state index contributed by atoms with van der Waals surface area (Å²) in [5, 5.41) is 0. The highest BCUT2D eigenvalue weighted by Gasteiger charge is 2.52. The molecule has 82 valence electrons. The van der Waals surface area contributed by atoms with Crippen molar-refractivity contribution in [2.75, 3.05) is 0 Å². The Labute approximate surface area is 103 Å². The highest BCUT2D eigenvalue weighted by atomic mass is 79.9. The molecule has 0 aliphatic heterocycles. The third-order valence-electron chi connectivity index (χ3n) is 3.81. The predicted octanol–water partition coefficient (Wildman–Crippen LogP) is 4.37. The summed E-state index contributed by atoms with van der Waals surface area (Å²) in [6, 6.07) is 4.24. The predicted molar refractivity (Wildman–Crippen MR) is 67.4 cm³/mol. The lowest BCUT2D eigenvalue weighted by Gasteiger charge is -2.46. The van der Waals surface area contributed by atoms with Gasteiger partial charge in [-0.2, -0.15) is 0 Å². The van der Waals surface area contributed by atoms with E-state index in [0.29, 0.717) is 11.7 Å². The molecule has 1 nitrogen and oxygen atoms in total. The van der Waals surface area contributed by atoms with Gasteiger partial charge in [0.1, 0.15) is 5.78 Å². The molecule has 1 aromatic rings. The monoisotopic (exact) mass is 286 g/mol. The molecule has 1 saturated carbocycles. The Morgan fingerprint density at radius 2 is 2.13 bits per heavy atom. The van der Waals surface area contributed by atoms with E-state index >= 15 is 0 Å². The van der Waals surface area contributed by atoms with Crippen LogP contribution in [0.2, 0.25) is 0 Å². The van der Waals surface area contributed by atoms with Gasteiger partial charge in [0.05, 0.1) is 3.79 Å². The molecule has 0 amide bonds. The van der Waals surface area contributed by atoms with E-state index in [1.54, 1.807) is 11.3 Å². The zero-order chi connectivity index (χ0) is 11.1. The van der Waals surface area contributed by atoms with Crippen molar-refractivity contribution >= 4 is 33.0 Å². The van der Waals surface area contributed by atoms with Gasteiger partial charge in [0.15, 0.2) is 0 Å². The number of rotatable bonds is 3. The lowest BCUT2D eigenvalue weighted by Crippen LogP contribution is -2.47. The van der Waals surface area contributed by atoms with E-state index in [2.05, 4.69) is 41.9 Å². The van der Waals surface area contributed by atoms with Crippen LogP contribution in [0.4, 0.5) is 0 Å². The summed E-state index contributed by atoms with van der Waals surface area (Å²) >= 11 is 5.25. The molecular formula is C12H15BrOS. The van der Waals surface area contributed by atoms with Crippen molar-refractivity contribution in [3.8, 4) is 0 Å². The van der Waals surface area contributed by atoms with Gasteiger partial charge in [0.2, 0.25) is 0 Å². The van der Waals surface area contributed by atoms with Gasteiger partial charge < -0.3 is 0 Å². The molecule has 0 saturated heterocycles. The van der Waals surface area contributed by atoms with Crippen LogP contribution in [-0.4, -0.2) is 5.78 Å². The first-order valence-corrected chi connectivity index (χ1v) is 7.03. The summed E-state index contributed by atoms with van der Waals surface area (Å²) in [5.74, 6) is 0.929. The van der Waals surface area contributed by atoms with Crippen LogP contribution >= 0.6 is 27.3 Å². The third kappa shape index (κ3) is 1.60. The first kappa shape index (κ1) is 11.3. The molecule has 0 bridgehead atoms. The van der Waals surface area contributed by atoms with Crippen molar-refractivity contribution in [1.82, 2.24) is 0 Å². The molecule has 1 heterocycles. The average Bonchev–Trinajstić information content (AvgIpc) is 2.63. The minimum absolute atomic E-state index is 0.0513. The van der Waals surface area contributed by atoms with Crippen LogP contribution in [0, 0.1) is 5.41 Å². The number of hydrogen-bond acceptors (Lipinski definition) is 2. The summed E-state index contributed by atoms with van der Waals surface area (Å²) in [6.45, 7) is 4.27. The van der Waals surface area contributed by atoms with Gasteiger partial charge in [-0.05, 0) is 40.9 Å². The molecule has 1 unspecified atom stereocenters. The number of carbonyl (C=O) groups excluding carboxylic acids is 1. The number of hydrogen-bond donors (Lipinski definition) is 0. The van der Waals surface area contributed by atoms with Crippen LogP contribution in [-0.2, 0) is 4.79 Å². The largest absolute Gasteiger partial charge is 0.299 e. The Balaban J connectivity index is 2.28. The zero-order valence-electron chi connectivity index (χ0n) is 9.05. The Morgan fingerprint density at radius 1 is 1.47 bits per heavy atom. The highest BCUT2D eigenvalue weighted by molar-refractivity contribution is 9.11. The van der Waals surface area contributed by atoms with Crippen molar-refractivity contribution in [3.63, 3.8) is 0 Å². The van der Waals surface area contributed by atoms with Gasteiger partial charge >= 0.3 is 0 Å². The minimum Gasteiger partial charge on any atom is -0.299 e. The smallest absolute Gasteiger partial charge is 0.140 e. The average molecular weight is 287 g/mol. The second kappa shape index (κ2) is 4.02. The number of halogens is 1. The van der Waals surface area contributed by atoms with Crippen LogP contribution in [0.15, 0.2) is 15.9 Å². The van der Waals surface area contributed by atoms with Gasteiger partial charge in [0.25, 0.3) is 0 Å². The van der Waals surface area contributed by atoms with E-state index in [0.717, 1.165) is 23.0 Å². The van der Waals surface area contributed by atoms with Crippen molar-refractivity contribution < 1.29 is 4.79 Å². The zero-order valence-corrected chi connectivity index (χ0v) is 11.5. The van der Waals surface area contributed by atoms with Gasteiger partial charge in [-0.25, -0.2) is 0 Å². The Kier molecular flexibility index (Phi) is 3.04. The molecule has 0 radical (unpaired) electrons. The van der Waals surface area contributed by atoms with Gasteiger partial charge in [-0.3, -0.25) is 4.79 Å². The standard InChI is InChI=1S/C12H15BrOS/c1-3-12(4-2)8(7-10(12)14)9-5-6-11(13)15-9/h5-6,8H,3-4,7H2,1-2H3. The van der Waals surface area contributed by atoms with Crippen molar-refractivity contribution in [2.45, 2.75) is 39.0 Å². The second-order valence-electron chi connectivity index (χ2n) is 4.19. The summed E-state index contributed by atoms with van der Waals surface area (Å²) in [5.41, 5.74) is -0.0513. The maximum absolute atomic E-state index is 11.8. The van der Waals surface area contributed by atoms with Crippen molar-refractivity contribution in [3.05, 3.63) is 20.8 Å². The SMILES string of the molecule is CCC1(CC)C(=O)CC1c1ccc(Br)s1. The van der Waals surface area contributed by atoms with E-state index in [1.807, 2.05) is 0 Å². The quantitative estimate of drug-likeness (QED) is 0.806. The summed E-state index contributed by atoms with van der Waals surface area (Å²) in [4.78, 5) is 13.2. The Bertz CT molecular complexity index is 379. The maximum atomic E-state index is 11.8. The van der Waals surface area contributed by atoms with Crippen LogP contribution < -0.4 is 0 Å². The van der Waals surface area contributed by atoms with Crippen LogP contribution in [0.1, 0.15) is 43.9 Å². The lowest BCUT2D eigenvalue weighted by molar-refractivity contribution is -0.141. The summed E-state index contributed by atoms with van der Waals surface area (Å²) < 4.78 is 1.16. The molecule has 15 heavy (non-hydrogen) atoms. The molecule has 1 aliphatic carbocycles. The van der Waals surface area contributed by atoms with Crippen LogP contribution in [0.3, 0.4) is 0 Å². The molecule has 1 aliphatic rings. The molecular weight excluding hydrogens is 272 g/mol. The number of Topliss-reactive ketones (excluding diaryl/α,β-unsaturated/α-hetero) is 1. The molecule has 0 spiro atoms. The van der Waals surface area contributed by atoms with Crippen molar-refractivity contribution in [2.24, 2.45) is 5.41 Å². The summed E-state index contributed by atoms with van der Waals surface area (Å²) in [6.07, 6.45) is 2.69. The maximum Gasteiger partial charge on any atom is 0.140 e. The summed E-state index contributed by atoms with van der Waals surface area (Å²) in [7, 11) is 0. The molecule has 1 fully saturated rings. The van der Waals surface area contributed by atoms with Crippen molar-refractivity contribution in [1.29, 1.82) is 0 Å². The number of thiophene rings is 1. The van der Waals surface area contributed by atoms with E-state index in [4.69, 9.17) is 0 Å². The fourth-order valence-corrected chi connectivity index (χ4v) is 4.31. The molecule has 2 rings (SSSR count). The highest BCUT2D eigenvalue weighted by Crippen LogP contribution is 2.55. The Morgan fingerprint density at radius 3 is 2.53 bits per heavy atom. The molecule has 3 heteroatoms. The first-order chi connectivity index (χ1) is 7.14. The van der Waals surface area contributed by atoms with Crippen LogP contribution in [0.5, 0.6) is 0 Å². The molecule has 0 aromatic carbocycles. The molecule has 0 N–H and O–H groups in total. The van der Waals surface area contributed by atoms with E-state index in [1.165, 1.54) is 4.88 Å². The van der Waals surface area contributed by atoms with E-state index in [9.17, 15) is 4.79 Å². The fourth-order valence-electron chi connectivity index (χ4n) is 2.67. The van der Waals surface area contributed by atoms with Gasteiger partial charge in [-0.1, -0.05) is 13.8 Å². The minimum atomic E-state index is -0.0513. The van der Waals surface area contributed by atoms with Gasteiger partial charge in [-0.15, -0.1) is 11.3 Å². The normalized spacial score (nSPS) is 23.9. The lowest BCUT2D eigenvalue weighted by atomic mass is 9.56. The third-order valence-corrected chi connectivity index (χ3v) is 5.55. The Hall–Kier alpha value is -0.150. The number of ketones is 1. The topological polar surface area (TPSA) is 17.1 Å². The van der Waals surface area contributed by atoms with E-state index in [-0.39, 0.29) is 5.41 Å².